The van der Waals surface area contributed by atoms with Gasteiger partial charge in [-0.25, -0.2) is 4.98 Å². The van der Waals surface area contributed by atoms with E-state index in [2.05, 4.69) is 11.1 Å². The standard InChI is InChI=1S/C11H9N3S2/c1-7(13)8(5-12)9-6-16-11(14-9)10-3-2-4-15-10/h2-4,6H,13H2,1H3/b8-7+. The summed E-state index contributed by atoms with van der Waals surface area (Å²) in [7, 11) is 0. The van der Waals surface area contributed by atoms with E-state index in [4.69, 9.17) is 11.0 Å². The molecule has 16 heavy (non-hydrogen) atoms. The molecule has 0 saturated carbocycles. The monoisotopic (exact) mass is 247 g/mol. The summed E-state index contributed by atoms with van der Waals surface area (Å²) in [6.45, 7) is 1.71. The van der Waals surface area contributed by atoms with E-state index >= 15 is 0 Å². The van der Waals surface area contributed by atoms with Gasteiger partial charge in [-0.15, -0.1) is 22.7 Å². The zero-order chi connectivity index (χ0) is 11.5. The summed E-state index contributed by atoms with van der Waals surface area (Å²) < 4.78 is 0. The fraction of sp³-hybridized carbons (Fsp3) is 0.0909. The van der Waals surface area contributed by atoms with Crippen LogP contribution in [0.25, 0.3) is 15.5 Å². The van der Waals surface area contributed by atoms with Crippen molar-refractivity contribution in [1.82, 2.24) is 4.98 Å². The number of allylic oxidation sites excluding steroid dienone is 2. The minimum atomic E-state index is 0.457. The van der Waals surface area contributed by atoms with Crippen molar-refractivity contribution in [3.63, 3.8) is 0 Å². The largest absolute Gasteiger partial charge is 0.401 e. The summed E-state index contributed by atoms with van der Waals surface area (Å²) in [5.74, 6) is 0. The first-order chi connectivity index (χ1) is 7.72. The van der Waals surface area contributed by atoms with Crippen molar-refractivity contribution < 1.29 is 0 Å². The van der Waals surface area contributed by atoms with Crippen molar-refractivity contribution in [3.8, 4) is 16.0 Å². The SMILES string of the molecule is C/C(N)=C(/C#N)c1csc(-c2cccs2)n1. The number of nitriles is 1. The zero-order valence-electron chi connectivity index (χ0n) is 8.60. The van der Waals surface area contributed by atoms with Crippen LogP contribution in [0.1, 0.15) is 12.6 Å². The third kappa shape index (κ3) is 1.98. The Bertz CT molecular complexity index is 554. The summed E-state index contributed by atoms with van der Waals surface area (Å²) >= 11 is 3.16. The summed E-state index contributed by atoms with van der Waals surface area (Å²) in [6, 6.07) is 6.07. The van der Waals surface area contributed by atoms with Crippen LogP contribution in [0.15, 0.2) is 28.6 Å². The highest BCUT2D eigenvalue weighted by molar-refractivity contribution is 7.20. The zero-order valence-corrected chi connectivity index (χ0v) is 10.2. The van der Waals surface area contributed by atoms with E-state index in [0.717, 1.165) is 9.88 Å². The molecule has 2 aromatic heterocycles. The van der Waals surface area contributed by atoms with Crippen molar-refractivity contribution in [2.75, 3.05) is 0 Å². The molecule has 0 atom stereocenters. The predicted octanol–water partition coefficient (Wildman–Crippen LogP) is 3.08. The third-order valence-corrected chi connectivity index (χ3v) is 3.88. The van der Waals surface area contributed by atoms with Crippen molar-refractivity contribution in [3.05, 3.63) is 34.3 Å². The highest BCUT2D eigenvalue weighted by atomic mass is 32.1. The Morgan fingerprint density at radius 1 is 1.50 bits per heavy atom. The van der Waals surface area contributed by atoms with E-state index in [1.165, 1.54) is 11.3 Å². The molecule has 0 unspecified atom stereocenters. The van der Waals surface area contributed by atoms with E-state index in [-0.39, 0.29) is 0 Å². The smallest absolute Gasteiger partial charge is 0.134 e. The van der Waals surface area contributed by atoms with Crippen LogP contribution in [0.2, 0.25) is 0 Å². The fourth-order valence-corrected chi connectivity index (χ4v) is 2.87. The topological polar surface area (TPSA) is 62.7 Å². The lowest BCUT2D eigenvalue weighted by atomic mass is 10.2. The van der Waals surface area contributed by atoms with Crippen molar-refractivity contribution in [1.29, 1.82) is 5.26 Å². The lowest BCUT2D eigenvalue weighted by molar-refractivity contribution is 1.28. The van der Waals surface area contributed by atoms with Crippen LogP contribution >= 0.6 is 22.7 Å². The molecular formula is C11H9N3S2. The predicted molar refractivity (Wildman–Crippen MR) is 67.8 cm³/mol. The van der Waals surface area contributed by atoms with Gasteiger partial charge in [0.25, 0.3) is 0 Å². The first-order valence-corrected chi connectivity index (χ1v) is 6.34. The summed E-state index contributed by atoms with van der Waals surface area (Å²) in [4.78, 5) is 5.53. The van der Waals surface area contributed by atoms with Crippen LogP contribution < -0.4 is 5.73 Å². The number of hydrogen-bond donors (Lipinski definition) is 1. The molecule has 0 spiro atoms. The second-order valence-corrected chi connectivity index (χ2v) is 4.99. The Kier molecular flexibility index (Phi) is 3.04. The molecular weight excluding hydrogens is 238 g/mol. The summed E-state index contributed by atoms with van der Waals surface area (Å²) in [5, 5.41) is 13.8. The molecule has 2 heterocycles. The normalized spacial score (nSPS) is 12.0. The number of thiazole rings is 1. The van der Waals surface area contributed by atoms with Gasteiger partial charge in [0.15, 0.2) is 0 Å². The van der Waals surface area contributed by atoms with Gasteiger partial charge in [0.1, 0.15) is 11.1 Å². The van der Waals surface area contributed by atoms with Crippen LogP contribution in [0.5, 0.6) is 0 Å². The molecule has 0 aliphatic carbocycles. The number of thiophene rings is 1. The van der Waals surface area contributed by atoms with E-state index in [0.29, 0.717) is 17.0 Å². The third-order valence-electron chi connectivity index (χ3n) is 2.00. The van der Waals surface area contributed by atoms with Crippen LogP contribution in [-0.4, -0.2) is 4.98 Å². The molecule has 0 fully saturated rings. The van der Waals surface area contributed by atoms with Gasteiger partial charge in [0.2, 0.25) is 0 Å². The number of aromatic nitrogens is 1. The van der Waals surface area contributed by atoms with E-state index in [9.17, 15) is 0 Å². The Hall–Kier alpha value is -1.64. The minimum absolute atomic E-state index is 0.457. The average Bonchev–Trinajstić information content (AvgIpc) is 2.86. The fourth-order valence-electron chi connectivity index (χ4n) is 1.25. The van der Waals surface area contributed by atoms with E-state index < -0.39 is 0 Å². The Labute approximate surface area is 101 Å². The molecule has 0 radical (unpaired) electrons. The Morgan fingerprint density at radius 2 is 2.31 bits per heavy atom. The van der Waals surface area contributed by atoms with Crippen LogP contribution in [0.4, 0.5) is 0 Å². The molecule has 0 aromatic carbocycles. The van der Waals surface area contributed by atoms with Gasteiger partial charge >= 0.3 is 0 Å². The van der Waals surface area contributed by atoms with Gasteiger partial charge in [-0.05, 0) is 18.4 Å². The highest BCUT2D eigenvalue weighted by Gasteiger charge is 2.10. The Morgan fingerprint density at radius 3 is 2.88 bits per heavy atom. The van der Waals surface area contributed by atoms with Crippen molar-refractivity contribution in [2.45, 2.75) is 6.92 Å². The quantitative estimate of drug-likeness (QED) is 0.829. The van der Waals surface area contributed by atoms with Gasteiger partial charge in [-0.1, -0.05) is 6.07 Å². The second-order valence-electron chi connectivity index (χ2n) is 3.19. The molecule has 2 rings (SSSR count). The second kappa shape index (κ2) is 4.47. The molecule has 2 N–H and O–H groups in total. The van der Waals surface area contributed by atoms with E-state index in [1.54, 1.807) is 18.3 Å². The number of hydrogen-bond acceptors (Lipinski definition) is 5. The molecule has 0 saturated heterocycles. The molecule has 0 aliphatic heterocycles. The maximum Gasteiger partial charge on any atom is 0.134 e. The maximum atomic E-state index is 8.97. The van der Waals surface area contributed by atoms with Crippen LogP contribution in [0, 0.1) is 11.3 Å². The molecule has 5 heteroatoms. The van der Waals surface area contributed by atoms with Crippen molar-refractivity contribution >= 4 is 28.2 Å². The van der Waals surface area contributed by atoms with Gasteiger partial charge in [-0.3, -0.25) is 0 Å². The maximum absolute atomic E-state index is 8.97. The lowest BCUT2D eigenvalue weighted by Gasteiger charge is -1.95. The molecule has 0 aliphatic rings. The van der Waals surface area contributed by atoms with Crippen molar-refractivity contribution in [2.24, 2.45) is 5.73 Å². The highest BCUT2D eigenvalue weighted by Crippen LogP contribution is 2.30. The molecule has 0 amide bonds. The molecule has 80 valence electrons. The Balaban J connectivity index is 2.42. The molecule has 0 bridgehead atoms. The van der Waals surface area contributed by atoms with Crippen LogP contribution in [0.3, 0.4) is 0 Å². The summed E-state index contributed by atoms with van der Waals surface area (Å²) in [5.41, 5.74) is 7.26. The minimum Gasteiger partial charge on any atom is -0.401 e. The first kappa shape index (κ1) is 10.9. The first-order valence-electron chi connectivity index (χ1n) is 4.58. The molecule has 3 nitrogen and oxygen atoms in total. The van der Waals surface area contributed by atoms with Gasteiger partial charge in [0, 0.05) is 11.1 Å². The summed E-state index contributed by atoms with van der Waals surface area (Å²) in [6.07, 6.45) is 0. The number of nitrogens with two attached hydrogens (primary N) is 1. The molecule has 2 aromatic rings. The lowest BCUT2D eigenvalue weighted by Crippen LogP contribution is -1.96. The van der Waals surface area contributed by atoms with Gasteiger partial charge < -0.3 is 5.73 Å². The number of rotatable bonds is 2. The van der Waals surface area contributed by atoms with E-state index in [1.807, 2.05) is 22.9 Å². The van der Waals surface area contributed by atoms with Gasteiger partial charge in [0.05, 0.1) is 16.1 Å². The van der Waals surface area contributed by atoms with Crippen LogP contribution in [-0.2, 0) is 0 Å². The number of nitrogens with zero attached hydrogens (tertiary/aromatic N) is 2. The van der Waals surface area contributed by atoms with Gasteiger partial charge in [-0.2, -0.15) is 5.26 Å². The average molecular weight is 247 g/mol.